The summed E-state index contributed by atoms with van der Waals surface area (Å²) >= 11 is 14.9. The fourth-order valence-electron chi connectivity index (χ4n) is 1.61. The van der Waals surface area contributed by atoms with E-state index in [1.165, 1.54) is 18.2 Å². The number of benzene rings is 2. The topological polar surface area (TPSA) is 26.3 Å². The summed E-state index contributed by atoms with van der Waals surface area (Å²) in [5.74, 6) is -0.217. The minimum absolute atomic E-state index is 0.0404. The molecule has 0 atom stereocenters. The molecule has 104 valence electrons. The maximum absolute atomic E-state index is 13.7. The van der Waals surface area contributed by atoms with E-state index in [-0.39, 0.29) is 22.9 Å². The molecule has 0 fully saturated rings. The third-order valence-electron chi connectivity index (χ3n) is 2.55. The van der Waals surface area contributed by atoms with Gasteiger partial charge in [0.2, 0.25) is 0 Å². The van der Waals surface area contributed by atoms with Gasteiger partial charge in [-0.25, -0.2) is 4.39 Å². The molecule has 0 bridgehead atoms. The van der Waals surface area contributed by atoms with E-state index in [0.717, 1.165) is 0 Å². The summed E-state index contributed by atoms with van der Waals surface area (Å²) in [6.45, 7) is -0.0404. The lowest BCUT2D eigenvalue weighted by Crippen LogP contribution is -2.01. The van der Waals surface area contributed by atoms with Crippen LogP contribution in [0.25, 0.3) is 0 Å². The SMILES string of the molecule is O=Cc1cc(Cl)cc(Cl)c1OCc1ccc(Br)cc1F. The molecule has 0 heterocycles. The van der Waals surface area contributed by atoms with Gasteiger partial charge in [-0.1, -0.05) is 45.2 Å². The second kappa shape index (κ2) is 6.57. The number of halogens is 4. The average molecular weight is 378 g/mol. The highest BCUT2D eigenvalue weighted by atomic mass is 79.9. The summed E-state index contributed by atoms with van der Waals surface area (Å²) in [7, 11) is 0. The minimum atomic E-state index is -0.405. The van der Waals surface area contributed by atoms with Crippen molar-refractivity contribution >= 4 is 45.4 Å². The van der Waals surface area contributed by atoms with Crippen LogP contribution in [-0.2, 0) is 6.61 Å². The molecule has 0 aliphatic rings. The van der Waals surface area contributed by atoms with Crippen molar-refractivity contribution in [2.75, 3.05) is 0 Å². The normalized spacial score (nSPS) is 10.4. The molecule has 0 aromatic heterocycles. The third-order valence-corrected chi connectivity index (χ3v) is 3.54. The first-order valence-electron chi connectivity index (χ1n) is 5.52. The van der Waals surface area contributed by atoms with E-state index in [2.05, 4.69) is 15.9 Å². The van der Waals surface area contributed by atoms with Gasteiger partial charge in [0.1, 0.15) is 18.2 Å². The lowest BCUT2D eigenvalue weighted by Gasteiger charge is -2.11. The molecule has 0 saturated heterocycles. The first kappa shape index (κ1) is 15.3. The molecule has 0 unspecified atom stereocenters. The molecule has 2 rings (SSSR count). The Morgan fingerprint density at radius 3 is 2.65 bits per heavy atom. The molecule has 0 radical (unpaired) electrons. The van der Waals surface area contributed by atoms with E-state index in [1.807, 2.05) is 0 Å². The van der Waals surface area contributed by atoms with E-state index in [0.29, 0.717) is 21.3 Å². The van der Waals surface area contributed by atoms with Crippen LogP contribution in [0.2, 0.25) is 10.0 Å². The summed E-state index contributed by atoms with van der Waals surface area (Å²) in [5.41, 5.74) is 0.580. The van der Waals surface area contributed by atoms with Crippen LogP contribution in [0.15, 0.2) is 34.8 Å². The largest absolute Gasteiger partial charge is 0.486 e. The zero-order chi connectivity index (χ0) is 14.7. The number of rotatable bonds is 4. The lowest BCUT2D eigenvalue weighted by atomic mass is 10.2. The van der Waals surface area contributed by atoms with Gasteiger partial charge in [0.15, 0.2) is 6.29 Å². The Labute approximate surface area is 133 Å². The van der Waals surface area contributed by atoms with Crippen LogP contribution in [0.3, 0.4) is 0 Å². The van der Waals surface area contributed by atoms with Crippen LogP contribution < -0.4 is 4.74 Å². The second-order valence-electron chi connectivity index (χ2n) is 3.95. The Morgan fingerprint density at radius 1 is 1.25 bits per heavy atom. The van der Waals surface area contributed by atoms with Gasteiger partial charge in [-0.15, -0.1) is 0 Å². The predicted octanol–water partition coefficient (Wildman–Crippen LogP) is 5.29. The van der Waals surface area contributed by atoms with Crippen molar-refractivity contribution in [3.63, 3.8) is 0 Å². The average Bonchev–Trinajstić information content (AvgIpc) is 2.38. The van der Waals surface area contributed by atoms with Gasteiger partial charge in [0.05, 0.1) is 10.6 Å². The number of carbonyl (C=O) groups is 1. The van der Waals surface area contributed by atoms with E-state index in [9.17, 15) is 9.18 Å². The van der Waals surface area contributed by atoms with Crippen molar-refractivity contribution in [1.82, 2.24) is 0 Å². The molecular formula is C14H8BrCl2FO2. The van der Waals surface area contributed by atoms with Gasteiger partial charge >= 0.3 is 0 Å². The highest BCUT2D eigenvalue weighted by Gasteiger charge is 2.12. The Kier molecular flexibility index (Phi) is 5.02. The summed E-state index contributed by atoms with van der Waals surface area (Å²) in [5, 5.41) is 0.538. The van der Waals surface area contributed by atoms with Crippen LogP contribution in [0, 0.1) is 5.82 Å². The molecule has 2 nitrogen and oxygen atoms in total. The molecule has 0 spiro atoms. The number of aldehydes is 1. The summed E-state index contributed by atoms with van der Waals surface area (Å²) in [6.07, 6.45) is 0.588. The molecule has 0 aliphatic heterocycles. The highest BCUT2D eigenvalue weighted by molar-refractivity contribution is 9.10. The van der Waals surface area contributed by atoms with Crippen LogP contribution >= 0.6 is 39.1 Å². The van der Waals surface area contributed by atoms with E-state index < -0.39 is 5.82 Å². The van der Waals surface area contributed by atoms with Gasteiger partial charge in [-0.2, -0.15) is 0 Å². The van der Waals surface area contributed by atoms with Gasteiger partial charge in [-0.05, 0) is 24.3 Å². The fourth-order valence-corrected chi connectivity index (χ4v) is 2.51. The molecule has 0 aliphatic carbocycles. The molecule has 2 aromatic rings. The zero-order valence-electron chi connectivity index (χ0n) is 10.00. The van der Waals surface area contributed by atoms with Crippen molar-refractivity contribution in [2.24, 2.45) is 0 Å². The molecule has 0 N–H and O–H groups in total. The molecule has 2 aromatic carbocycles. The standard InChI is InChI=1S/C14H8BrCl2FO2/c15-10-2-1-8(13(18)4-10)7-20-14-9(6-19)3-11(16)5-12(14)17/h1-6H,7H2. The van der Waals surface area contributed by atoms with Crippen molar-refractivity contribution in [2.45, 2.75) is 6.61 Å². The summed E-state index contributed by atoms with van der Waals surface area (Å²) in [6, 6.07) is 7.52. The van der Waals surface area contributed by atoms with Crippen molar-refractivity contribution in [1.29, 1.82) is 0 Å². The Hall–Kier alpha value is -1.10. The van der Waals surface area contributed by atoms with Crippen LogP contribution in [0.1, 0.15) is 15.9 Å². The zero-order valence-corrected chi connectivity index (χ0v) is 13.1. The van der Waals surface area contributed by atoms with Gasteiger partial charge in [0, 0.05) is 15.1 Å². The van der Waals surface area contributed by atoms with E-state index in [1.54, 1.807) is 12.1 Å². The number of hydrogen-bond donors (Lipinski definition) is 0. The molecule has 6 heteroatoms. The maximum atomic E-state index is 13.7. The summed E-state index contributed by atoms with van der Waals surface area (Å²) in [4.78, 5) is 11.0. The number of carbonyl (C=O) groups excluding carboxylic acids is 1. The van der Waals surface area contributed by atoms with Crippen molar-refractivity contribution < 1.29 is 13.9 Å². The van der Waals surface area contributed by atoms with E-state index >= 15 is 0 Å². The van der Waals surface area contributed by atoms with Gasteiger partial charge < -0.3 is 4.74 Å². The minimum Gasteiger partial charge on any atom is -0.486 e. The third kappa shape index (κ3) is 3.51. The first-order chi connectivity index (χ1) is 9.51. The second-order valence-corrected chi connectivity index (χ2v) is 5.71. The lowest BCUT2D eigenvalue weighted by molar-refractivity contribution is 0.111. The maximum Gasteiger partial charge on any atom is 0.153 e. The Bertz CT molecular complexity index is 662. The summed E-state index contributed by atoms with van der Waals surface area (Å²) < 4.78 is 19.7. The number of hydrogen-bond acceptors (Lipinski definition) is 2. The Morgan fingerprint density at radius 2 is 2.00 bits per heavy atom. The smallest absolute Gasteiger partial charge is 0.153 e. The molecule has 20 heavy (non-hydrogen) atoms. The first-order valence-corrected chi connectivity index (χ1v) is 7.07. The molecule has 0 saturated carbocycles. The van der Waals surface area contributed by atoms with Gasteiger partial charge in [-0.3, -0.25) is 4.79 Å². The monoisotopic (exact) mass is 376 g/mol. The van der Waals surface area contributed by atoms with Crippen LogP contribution in [0.5, 0.6) is 5.75 Å². The molecular weight excluding hydrogens is 370 g/mol. The van der Waals surface area contributed by atoms with Crippen LogP contribution in [-0.4, -0.2) is 6.29 Å². The fraction of sp³-hybridized carbons (Fsp3) is 0.0714. The van der Waals surface area contributed by atoms with Crippen molar-refractivity contribution in [3.8, 4) is 5.75 Å². The van der Waals surface area contributed by atoms with Crippen molar-refractivity contribution in [3.05, 3.63) is 61.8 Å². The van der Waals surface area contributed by atoms with E-state index in [4.69, 9.17) is 27.9 Å². The van der Waals surface area contributed by atoms with Gasteiger partial charge in [0.25, 0.3) is 0 Å². The Balaban J connectivity index is 2.25. The van der Waals surface area contributed by atoms with Crippen LogP contribution in [0.4, 0.5) is 4.39 Å². The highest BCUT2D eigenvalue weighted by Crippen LogP contribution is 2.32. The number of ether oxygens (including phenoxy) is 1. The quantitative estimate of drug-likeness (QED) is 0.677. The predicted molar refractivity (Wildman–Crippen MR) is 80.3 cm³/mol. The molecule has 0 amide bonds.